The Hall–Kier alpha value is -2.95. The number of amides is 1. The number of carbonyl (C=O) groups is 1. The molecule has 3 rings (SSSR count). The summed E-state index contributed by atoms with van der Waals surface area (Å²) >= 11 is 0. The molecule has 110 valence electrons. The Morgan fingerprint density at radius 1 is 1.14 bits per heavy atom. The van der Waals surface area contributed by atoms with Gasteiger partial charge in [0.25, 0.3) is 0 Å². The van der Waals surface area contributed by atoms with Gasteiger partial charge in [0.1, 0.15) is 5.82 Å². The lowest BCUT2D eigenvalue weighted by atomic mass is 10.1. The minimum absolute atomic E-state index is 0.000951. The van der Waals surface area contributed by atoms with Gasteiger partial charge in [0.2, 0.25) is 5.91 Å². The number of nitrogens with zero attached hydrogens (tertiary/aromatic N) is 1. The number of halogens is 1. The lowest BCUT2D eigenvalue weighted by molar-refractivity contribution is -0.115. The maximum atomic E-state index is 13.5. The Morgan fingerprint density at radius 3 is 2.77 bits per heavy atom. The van der Waals surface area contributed by atoms with Crippen molar-refractivity contribution in [2.45, 2.75) is 6.42 Å². The highest BCUT2D eigenvalue weighted by Crippen LogP contribution is 2.20. The summed E-state index contributed by atoms with van der Waals surface area (Å²) < 4.78 is 13.5. The van der Waals surface area contributed by atoms with Crippen LogP contribution < -0.4 is 5.32 Å². The number of nitrogens with one attached hydrogen (secondary N) is 2. The number of benzene rings is 2. The minimum atomic E-state index is -0.371. The first-order valence-corrected chi connectivity index (χ1v) is 6.85. The minimum Gasteiger partial charge on any atom is -0.326 e. The summed E-state index contributed by atoms with van der Waals surface area (Å²) in [5, 5.41) is 9.55. The van der Waals surface area contributed by atoms with Gasteiger partial charge >= 0.3 is 0 Å². The average Bonchev–Trinajstić information content (AvgIpc) is 3.04. The number of aromatic amines is 1. The molecule has 0 aliphatic heterocycles. The monoisotopic (exact) mass is 295 g/mol. The van der Waals surface area contributed by atoms with E-state index in [1.807, 2.05) is 24.3 Å². The van der Waals surface area contributed by atoms with Gasteiger partial charge in [0, 0.05) is 17.4 Å². The van der Waals surface area contributed by atoms with Crippen LogP contribution in [0.5, 0.6) is 0 Å². The zero-order chi connectivity index (χ0) is 15.4. The van der Waals surface area contributed by atoms with Crippen molar-refractivity contribution in [1.82, 2.24) is 10.2 Å². The third kappa shape index (κ3) is 3.20. The standard InChI is InChI=1S/C17H14FN3O/c18-15-7-2-1-4-12(15)11-17(22)20-14-6-3-5-13(10-14)16-8-9-19-21-16/h1-10H,11H2,(H,19,21)(H,20,22). The Morgan fingerprint density at radius 2 is 2.00 bits per heavy atom. The fourth-order valence-electron chi connectivity index (χ4n) is 2.20. The van der Waals surface area contributed by atoms with E-state index in [0.29, 0.717) is 11.3 Å². The van der Waals surface area contributed by atoms with Crippen LogP contribution in [-0.4, -0.2) is 16.1 Å². The zero-order valence-electron chi connectivity index (χ0n) is 11.7. The van der Waals surface area contributed by atoms with Crippen molar-refractivity contribution in [3.8, 4) is 11.3 Å². The Labute approximate surface area is 127 Å². The second-order valence-corrected chi connectivity index (χ2v) is 4.87. The Kier molecular flexibility index (Phi) is 3.96. The van der Waals surface area contributed by atoms with E-state index in [4.69, 9.17) is 0 Å². The number of hydrogen-bond donors (Lipinski definition) is 2. The van der Waals surface area contributed by atoms with Crippen LogP contribution in [0.25, 0.3) is 11.3 Å². The smallest absolute Gasteiger partial charge is 0.228 e. The average molecular weight is 295 g/mol. The first-order valence-electron chi connectivity index (χ1n) is 6.85. The van der Waals surface area contributed by atoms with E-state index in [9.17, 15) is 9.18 Å². The lowest BCUT2D eigenvalue weighted by Crippen LogP contribution is -2.15. The van der Waals surface area contributed by atoms with Crippen LogP contribution in [0, 0.1) is 5.82 Å². The number of anilines is 1. The molecule has 4 nitrogen and oxygen atoms in total. The van der Waals surface area contributed by atoms with E-state index in [1.54, 1.807) is 30.5 Å². The number of H-pyrrole nitrogens is 1. The van der Waals surface area contributed by atoms with Crippen molar-refractivity contribution in [1.29, 1.82) is 0 Å². The molecule has 0 fully saturated rings. The van der Waals surface area contributed by atoms with Gasteiger partial charge in [-0.2, -0.15) is 5.10 Å². The van der Waals surface area contributed by atoms with E-state index in [2.05, 4.69) is 15.5 Å². The number of aromatic nitrogens is 2. The molecule has 0 saturated carbocycles. The van der Waals surface area contributed by atoms with E-state index < -0.39 is 0 Å². The third-order valence-electron chi connectivity index (χ3n) is 3.27. The second kappa shape index (κ2) is 6.22. The van der Waals surface area contributed by atoms with Crippen LogP contribution in [0.3, 0.4) is 0 Å². The van der Waals surface area contributed by atoms with Crippen LogP contribution >= 0.6 is 0 Å². The van der Waals surface area contributed by atoms with Gasteiger partial charge < -0.3 is 5.32 Å². The molecule has 2 aromatic carbocycles. The molecule has 1 aromatic heterocycles. The fraction of sp³-hybridized carbons (Fsp3) is 0.0588. The van der Waals surface area contributed by atoms with Crippen molar-refractivity contribution < 1.29 is 9.18 Å². The van der Waals surface area contributed by atoms with Crippen LogP contribution in [0.2, 0.25) is 0 Å². The molecule has 1 heterocycles. The molecule has 0 saturated heterocycles. The van der Waals surface area contributed by atoms with Gasteiger partial charge in [-0.1, -0.05) is 30.3 Å². The fourth-order valence-corrected chi connectivity index (χ4v) is 2.20. The normalized spacial score (nSPS) is 10.4. The van der Waals surface area contributed by atoms with Gasteiger partial charge in [-0.3, -0.25) is 9.89 Å². The van der Waals surface area contributed by atoms with Gasteiger partial charge in [0.05, 0.1) is 12.1 Å². The Balaban J connectivity index is 1.72. The number of hydrogen-bond acceptors (Lipinski definition) is 2. The summed E-state index contributed by atoms with van der Waals surface area (Å²) in [5.41, 5.74) is 2.82. The Bertz CT molecular complexity index is 784. The van der Waals surface area contributed by atoms with E-state index in [0.717, 1.165) is 11.3 Å². The summed E-state index contributed by atoms with van der Waals surface area (Å²) in [7, 11) is 0. The predicted octanol–water partition coefficient (Wildman–Crippen LogP) is 3.40. The van der Waals surface area contributed by atoms with Crippen molar-refractivity contribution in [3.63, 3.8) is 0 Å². The molecule has 0 unspecified atom stereocenters. The first kappa shape index (κ1) is 14.0. The van der Waals surface area contributed by atoms with Gasteiger partial charge in [-0.15, -0.1) is 0 Å². The van der Waals surface area contributed by atoms with Crippen LogP contribution in [0.15, 0.2) is 60.8 Å². The largest absolute Gasteiger partial charge is 0.326 e. The summed E-state index contributed by atoms with van der Waals surface area (Å²) in [5.74, 6) is -0.629. The summed E-state index contributed by atoms with van der Waals surface area (Å²) in [6.45, 7) is 0. The van der Waals surface area contributed by atoms with Gasteiger partial charge in [-0.05, 0) is 29.8 Å². The summed E-state index contributed by atoms with van der Waals surface area (Å²) in [6, 6.07) is 15.5. The lowest BCUT2D eigenvalue weighted by Gasteiger charge is -2.07. The molecule has 0 atom stereocenters. The van der Waals surface area contributed by atoms with Gasteiger partial charge in [-0.25, -0.2) is 4.39 Å². The first-order chi connectivity index (χ1) is 10.7. The van der Waals surface area contributed by atoms with Crippen molar-refractivity contribution in [2.75, 3.05) is 5.32 Å². The molecule has 0 aliphatic carbocycles. The quantitative estimate of drug-likeness (QED) is 0.775. The maximum Gasteiger partial charge on any atom is 0.228 e. The maximum absolute atomic E-state index is 13.5. The van der Waals surface area contributed by atoms with Crippen LogP contribution in [0.4, 0.5) is 10.1 Å². The SMILES string of the molecule is O=C(Cc1ccccc1F)Nc1cccc(-c2ccn[nH]2)c1. The van der Waals surface area contributed by atoms with Crippen molar-refractivity contribution in [3.05, 3.63) is 72.2 Å². The molecule has 0 spiro atoms. The molecule has 1 amide bonds. The highest BCUT2D eigenvalue weighted by atomic mass is 19.1. The van der Waals surface area contributed by atoms with E-state index >= 15 is 0 Å². The van der Waals surface area contributed by atoms with Gasteiger partial charge in [0.15, 0.2) is 0 Å². The topological polar surface area (TPSA) is 57.8 Å². The molecule has 2 N–H and O–H groups in total. The second-order valence-electron chi connectivity index (χ2n) is 4.87. The van der Waals surface area contributed by atoms with Crippen molar-refractivity contribution >= 4 is 11.6 Å². The highest BCUT2D eigenvalue weighted by Gasteiger charge is 2.08. The summed E-state index contributed by atoms with van der Waals surface area (Å²) in [6.07, 6.45) is 1.67. The molecule has 3 aromatic rings. The number of rotatable bonds is 4. The van der Waals surface area contributed by atoms with Crippen LogP contribution in [0.1, 0.15) is 5.56 Å². The molecule has 0 radical (unpaired) electrons. The van der Waals surface area contributed by atoms with Crippen LogP contribution in [-0.2, 0) is 11.2 Å². The highest BCUT2D eigenvalue weighted by molar-refractivity contribution is 5.92. The molecular formula is C17H14FN3O. The zero-order valence-corrected chi connectivity index (χ0v) is 11.7. The summed E-state index contributed by atoms with van der Waals surface area (Å²) in [4.78, 5) is 12.0. The molecule has 0 bridgehead atoms. The van der Waals surface area contributed by atoms with Crippen molar-refractivity contribution in [2.24, 2.45) is 0 Å². The molecule has 5 heteroatoms. The van der Waals surface area contributed by atoms with E-state index in [1.165, 1.54) is 6.07 Å². The number of carbonyl (C=O) groups excluding carboxylic acids is 1. The molecule has 22 heavy (non-hydrogen) atoms. The molecular weight excluding hydrogens is 281 g/mol. The third-order valence-corrected chi connectivity index (χ3v) is 3.27. The van der Waals surface area contributed by atoms with E-state index in [-0.39, 0.29) is 18.1 Å². The molecule has 0 aliphatic rings. The predicted molar refractivity (Wildman–Crippen MR) is 82.8 cm³/mol.